The Morgan fingerprint density at radius 3 is 2.54 bits per heavy atom. The minimum Gasteiger partial charge on any atom is -0.481 e. The molecule has 0 aliphatic heterocycles. The van der Waals surface area contributed by atoms with Gasteiger partial charge in [-0.1, -0.05) is 44.0 Å². The zero-order valence-corrected chi connectivity index (χ0v) is 14.6. The lowest BCUT2D eigenvalue weighted by Crippen LogP contribution is -2.06. The van der Waals surface area contributed by atoms with Gasteiger partial charge in [-0.3, -0.25) is 0 Å². The summed E-state index contributed by atoms with van der Waals surface area (Å²) in [6.45, 7) is 4.39. The number of hydrogen-bond acceptors (Lipinski definition) is 4. The summed E-state index contributed by atoms with van der Waals surface area (Å²) >= 11 is 0. The number of benzene rings is 2. The summed E-state index contributed by atoms with van der Waals surface area (Å²) in [5, 5.41) is 10.0. The lowest BCUT2D eigenvalue weighted by molar-refractivity contribution is 0.0684. The molecule has 0 saturated heterocycles. The van der Waals surface area contributed by atoms with Crippen molar-refractivity contribution in [3.05, 3.63) is 53.9 Å². The van der Waals surface area contributed by atoms with Crippen LogP contribution in [0.1, 0.15) is 35.9 Å². The number of terminal acetylenes is 1. The number of carbonyl (C=O) groups is 1. The first-order chi connectivity index (χ1) is 12.5. The van der Waals surface area contributed by atoms with Crippen LogP contribution in [0.3, 0.4) is 0 Å². The van der Waals surface area contributed by atoms with E-state index in [0.717, 1.165) is 5.56 Å². The zero-order valence-electron chi connectivity index (χ0n) is 14.6. The Bertz CT molecular complexity index is 1000. The van der Waals surface area contributed by atoms with Crippen LogP contribution in [-0.2, 0) is 0 Å². The molecule has 0 atom stereocenters. The number of aromatic nitrogens is 2. The highest BCUT2D eigenvalue weighted by Gasteiger charge is 2.15. The molecule has 0 radical (unpaired) electrons. The SMILES string of the molecule is C#CCOc1ccc2nc(C(=O)O)nc(-c3ccc(C(C)C)cc3)c2c1. The van der Waals surface area contributed by atoms with Crippen LogP contribution < -0.4 is 4.74 Å². The molecule has 0 aliphatic carbocycles. The minimum absolute atomic E-state index is 0.151. The summed E-state index contributed by atoms with van der Waals surface area (Å²) in [5.74, 6) is 2.01. The van der Waals surface area contributed by atoms with Crippen molar-refractivity contribution in [3.63, 3.8) is 0 Å². The van der Waals surface area contributed by atoms with Gasteiger partial charge in [0.05, 0.1) is 11.2 Å². The fourth-order valence-corrected chi connectivity index (χ4v) is 2.66. The van der Waals surface area contributed by atoms with Crippen molar-refractivity contribution in [2.45, 2.75) is 19.8 Å². The number of ether oxygens (including phenoxy) is 1. The third-order valence-electron chi connectivity index (χ3n) is 4.03. The summed E-state index contributed by atoms with van der Waals surface area (Å²) < 4.78 is 5.47. The van der Waals surface area contributed by atoms with Crippen molar-refractivity contribution in [2.24, 2.45) is 0 Å². The molecule has 0 amide bonds. The van der Waals surface area contributed by atoms with Gasteiger partial charge in [0.1, 0.15) is 12.4 Å². The van der Waals surface area contributed by atoms with E-state index in [2.05, 4.69) is 29.7 Å². The predicted molar refractivity (Wildman–Crippen MR) is 100 cm³/mol. The summed E-state index contributed by atoms with van der Waals surface area (Å²) in [4.78, 5) is 19.8. The van der Waals surface area contributed by atoms with Crippen LogP contribution in [-0.4, -0.2) is 27.7 Å². The average molecular weight is 346 g/mol. The van der Waals surface area contributed by atoms with E-state index in [1.165, 1.54) is 5.56 Å². The number of hydrogen-bond donors (Lipinski definition) is 1. The molecule has 1 aromatic heterocycles. The zero-order chi connectivity index (χ0) is 18.7. The van der Waals surface area contributed by atoms with Crippen molar-refractivity contribution >= 4 is 16.9 Å². The second-order valence-electron chi connectivity index (χ2n) is 6.15. The predicted octanol–water partition coefficient (Wildman–Crippen LogP) is 4.13. The maximum atomic E-state index is 11.4. The molecule has 26 heavy (non-hydrogen) atoms. The van der Waals surface area contributed by atoms with Gasteiger partial charge in [0.15, 0.2) is 0 Å². The Balaban J connectivity index is 2.19. The second-order valence-corrected chi connectivity index (χ2v) is 6.15. The summed E-state index contributed by atoms with van der Waals surface area (Å²) in [6.07, 6.45) is 5.24. The minimum atomic E-state index is -1.17. The molecule has 3 rings (SSSR count). The molecule has 0 bridgehead atoms. The Labute approximate surface area is 151 Å². The number of nitrogens with zero attached hydrogens (tertiary/aromatic N) is 2. The van der Waals surface area contributed by atoms with E-state index in [1.807, 2.05) is 24.3 Å². The largest absolute Gasteiger partial charge is 0.481 e. The van der Waals surface area contributed by atoms with Gasteiger partial charge in [-0.2, -0.15) is 0 Å². The maximum Gasteiger partial charge on any atom is 0.373 e. The first-order valence-electron chi connectivity index (χ1n) is 8.21. The molecule has 0 fully saturated rings. The number of carboxylic acid groups (broad SMARTS) is 1. The smallest absolute Gasteiger partial charge is 0.373 e. The molecule has 0 spiro atoms. The van der Waals surface area contributed by atoms with Crippen LogP contribution in [0.25, 0.3) is 22.2 Å². The molecular weight excluding hydrogens is 328 g/mol. The fourth-order valence-electron chi connectivity index (χ4n) is 2.66. The van der Waals surface area contributed by atoms with Crippen molar-refractivity contribution < 1.29 is 14.6 Å². The highest BCUT2D eigenvalue weighted by atomic mass is 16.5. The normalized spacial score (nSPS) is 10.7. The van der Waals surface area contributed by atoms with Crippen molar-refractivity contribution in [2.75, 3.05) is 6.61 Å². The molecule has 3 aromatic rings. The van der Waals surface area contributed by atoms with Crippen molar-refractivity contribution in [3.8, 4) is 29.4 Å². The van der Waals surface area contributed by atoms with Gasteiger partial charge in [0, 0.05) is 10.9 Å². The molecule has 1 N–H and O–H groups in total. The quantitative estimate of drug-likeness (QED) is 0.703. The third-order valence-corrected chi connectivity index (χ3v) is 4.03. The standard InChI is InChI=1S/C21H18N2O3/c1-4-11-26-16-9-10-18-17(12-16)19(23-20(22-18)21(24)25)15-7-5-14(6-8-15)13(2)3/h1,5-10,12-13H,11H2,2-3H3,(H,24,25). The second kappa shape index (κ2) is 7.24. The van der Waals surface area contributed by atoms with Gasteiger partial charge in [0.25, 0.3) is 0 Å². The van der Waals surface area contributed by atoms with Crippen LogP contribution in [0.5, 0.6) is 5.75 Å². The van der Waals surface area contributed by atoms with Gasteiger partial charge in [-0.25, -0.2) is 14.8 Å². The van der Waals surface area contributed by atoms with Gasteiger partial charge < -0.3 is 9.84 Å². The Hall–Kier alpha value is -3.39. The Kier molecular flexibility index (Phi) is 4.85. The highest BCUT2D eigenvalue weighted by molar-refractivity contribution is 5.96. The summed E-state index contributed by atoms with van der Waals surface area (Å²) in [5.41, 5.74) is 3.10. The van der Waals surface area contributed by atoms with Crippen LogP contribution in [0.4, 0.5) is 0 Å². The molecule has 5 heteroatoms. The highest BCUT2D eigenvalue weighted by Crippen LogP contribution is 2.30. The van der Waals surface area contributed by atoms with Crippen molar-refractivity contribution in [1.29, 1.82) is 0 Å². The van der Waals surface area contributed by atoms with Crippen LogP contribution in [0, 0.1) is 12.3 Å². The maximum absolute atomic E-state index is 11.4. The van der Waals surface area contributed by atoms with Crippen LogP contribution >= 0.6 is 0 Å². The van der Waals surface area contributed by atoms with Crippen molar-refractivity contribution in [1.82, 2.24) is 9.97 Å². The van der Waals surface area contributed by atoms with E-state index in [4.69, 9.17) is 11.2 Å². The number of aromatic carboxylic acids is 1. The van der Waals surface area contributed by atoms with E-state index in [-0.39, 0.29) is 12.4 Å². The molecule has 5 nitrogen and oxygen atoms in total. The van der Waals surface area contributed by atoms with E-state index in [0.29, 0.717) is 28.3 Å². The molecule has 1 heterocycles. The van der Waals surface area contributed by atoms with E-state index in [1.54, 1.807) is 18.2 Å². The number of carboxylic acids is 1. The molecular formula is C21H18N2O3. The van der Waals surface area contributed by atoms with E-state index >= 15 is 0 Å². The first-order valence-corrected chi connectivity index (χ1v) is 8.21. The molecule has 2 aromatic carbocycles. The van der Waals surface area contributed by atoms with Gasteiger partial charge >= 0.3 is 5.97 Å². The fraction of sp³-hybridized carbons (Fsp3) is 0.190. The summed E-state index contributed by atoms with van der Waals surface area (Å²) in [6, 6.07) is 13.1. The Morgan fingerprint density at radius 1 is 1.19 bits per heavy atom. The lowest BCUT2D eigenvalue weighted by Gasteiger charge is -2.11. The average Bonchev–Trinajstić information content (AvgIpc) is 2.65. The molecule has 0 saturated carbocycles. The topological polar surface area (TPSA) is 72.3 Å². The number of rotatable bonds is 5. The lowest BCUT2D eigenvalue weighted by atomic mass is 9.99. The molecule has 0 unspecified atom stereocenters. The van der Waals surface area contributed by atoms with Gasteiger partial charge in [-0.05, 0) is 29.7 Å². The van der Waals surface area contributed by atoms with Crippen LogP contribution in [0.15, 0.2) is 42.5 Å². The van der Waals surface area contributed by atoms with Crippen LogP contribution in [0.2, 0.25) is 0 Å². The first kappa shape index (κ1) is 17.4. The molecule has 130 valence electrons. The van der Waals surface area contributed by atoms with E-state index in [9.17, 15) is 9.90 Å². The molecule has 0 aliphatic rings. The third kappa shape index (κ3) is 3.50. The van der Waals surface area contributed by atoms with E-state index < -0.39 is 5.97 Å². The van der Waals surface area contributed by atoms with Gasteiger partial charge in [-0.15, -0.1) is 6.42 Å². The van der Waals surface area contributed by atoms with Gasteiger partial charge in [0.2, 0.25) is 5.82 Å². The number of fused-ring (bicyclic) bond motifs is 1. The Morgan fingerprint density at radius 2 is 1.92 bits per heavy atom. The monoisotopic (exact) mass is 346 g/mol. The summed E-state index contributed by atoms with van der Waals surface area (Å²) in [7, 11) is 0.